The molecule has 0 atom stereocenters. The molecule has 0 bridgehead atoms. The Morgan fingerprint density at radius 3 is 2.50 bits per heavy atom. The van der Waals surface area contributed by atoms with Gasteiger partial charge in [-0.05, 0) is 52.3 Å². The first-order chi connectivity index (χ1) is 9.28. The van der Waals surface area contributed by atoms with Crippen molar-refractivity contribution in [1.82, 2.24) is 0 Å². The molecule has 0 spiro atoms. The largest absolute Gasteiger partial charge is 0.399 e. The lowest BCUT2D eigenvalue weighted by Gasteiger charge is -2.09. The summed E-state index contributed by atoms with van der Waals surface area (Å²) in [7, 11) is -3.85. The third kappa shape index (κ3) is 3.41. The molecule has 0 radical (unpaired) electrons. The molecule has 2 aromatic carbocycles. The zero-order valence-corrected chi connectivity index (χ0v) is 13.1. The number of halogens is 3. The summed E-state index contributed by atoms with van der Waals surface area (Å²) in [6.45, 7) is 0. The first kappa shape index (κ1) is 15.1. The molecular formula is C12H9BrClFN2O2S. The second kappa shape index (κ2) is 5.59. The molecule has 0 unspecified atom stereocenters. The highest BCUT2D eigenvalue weighted by molar-refractivity contribution is 9.10. The minimum atomic E-state index is -3.85. The molecule has 0 amide bonds. The van der Waals surface area contributed by atoms with Crippen LogP contribution in [0.15, 0.2) is 45.8 Å². The lowest BCUT2D eigenvalue weighted by atomic mass is 10.3. The molecule has 0 saturated carbocycles. The molecule has 106 valence electrons. The zero-order chi connectivity index (χ0) is 14.9. The second-order valence-electron chi connectivity index (χ2n) is 3.95. The lowest BCUT2D eigenvalue weighted by molar-refractivity contribution is 0.601. The van der Waals surface area contributed by atoms with Gasteiger partial charge in [-0.3, -0.25) is 4.72 Å². The Kier molecular flexibility index (Phi) is 4.22. The van der Waals surface area contributed by atoms with Gasteiger partial charge < -0.3 is 5.73 Å². The number of nitrogens with one attached hydrogen (secondary N) is 1. The summed E-state index contributed by atoms with van der Waals surface area (Å²) in [4.78, 5) is -0.00314. The van der Waals surface area contributed by atoms with Gasteiger partial charge in [0.25, 0.3) is 10.0 Å². The van der Waals surface area contributed by atoms with E-state index in [0.717, 1.165) is 12.1 Å². The maximum absolute atomic E-state index is 13.2. The molecule has 2 aromatic rings. The van der Waals surface area contributed by atoms with Gasteiger partial charge >= 0.3 is 0 Å². The van der Waals surface area contributed by atoms with E-state index in [-0.39, 0.29) is 16.3 Å². The van der Waals surface area contributed by atoms with E-state index in [1.807, 2.05) is 0 Å². The van der Waals surface area contributed by atoms with Crippen LogP contribution in [0.1, 0.15) is 0 Å². The molecule has 0 saturated heterocycles. The standard InChI is InChI=1S/C12H9BrClFN2O2S/c13-11-6-10(1-2-12(11)14)20(18,19)17-9-4-7(15)3-8(16)5-9/h1-6,17H,16H2. The van der Waals surface area contributed by atoms with Gasteiger partial charge in [0.05, 0.1) is 15.6 Å². The van der Waals surface area contributed by atoms with Crippen LogP contribution in [0.4, 0.5) is 15.8 Å². The first-order valence-electron chi connectivity index (χ1n) is 5.32. The molecule has 0 heterocycles. The Hall–Kier alpha value is -1.31. The van der Waals surface area contributed by atoms with E-state index in [4.69, 9.17) is 17.3 Å². The van der Waals surface area contributed by atoms with Gasteiger partial charge in [-0.2, -0.15) is 0 Å². The molecule has 3 N–H and O–H groups in total. The van der Waals surface area contributed by atoms with Crippen molar-refractivity contribution < 1.29 is 12.8 Å². The van der Waals surface area contributed by atoms with Crippen LogP contribution < -0.4 is 10.5 Å². The third-order valence-corrected chi connectivity index (χ3v) is 4.97. The number of sulfonamides is 1. The van der Waals surface area contributed by atoms with Crippen LogP contribution in [0.3, 0.4) is 0 Å². The van der Waals surface area contributed by atoms with Crippen molar-refractivity contribution in [2.24, 2.45) is 0 Å². The average molecular weight is 380 g/mol. The lowest BCUT2D eigenvalue weighted by Crippen LogP contribution is -2.13. The van der Waals surface area contributed by atoms with Crippen molar-refractivity contribution in [3.63, 3.8) is 0 Å². The van der Waals surface area contributed by atoms with E-state index in [0.29, 0.717) is 9.50 Å². The summed E-state index contributed by atoms with van der Waals surface area (Å²) < 4.78 is 40.2. The zero-order valence-electron chi connectivity index (χ0n) is 9.90. The summed E-state index contributed by atoms with van der Waals surface area (Å²) >= 11 is 8.95. The molecule has 2 rings (SSSR count). The van der Waals surface area contributed by atoms with Crippen molar-refractivity contribution in [2.75, 3.05) is 10.5 Å². The number of hydrogen-bond acceptors (Lipinski definition) is 3. The average Bonchev–Trinajstić information content (AvgIpc) is 2.30. The van der Waals surface area contributed by atoms with Crippen LogP contribution in [-0.4, -0.2) is 8.42 Å². The monoisotopic (exact) mass is 378 g/mol. The molecule has 8 heteroatoms. The van der Waals surface area contributed by atoms with E-state index in [1.54, 1.807) is 0 Å². The van der Waals surface area contributed by atoms with Crippen LogP contribution in [-0.2, 0) is 10.0 Å². The molecule has 0 aliphatic heterocycles. The van der Waals surface area contributed by atoms with Gasteiger partial charge in [0, 0.05) is 10.2 Å². The van der Waals surface area contributed by atoms with E-state index in [1.165, 1.54) is 24.3 Å². The summed E-state index contributed by atoms with van der Waals surface area (Å²) in [5, 5.41) is 0.388. The predicted molar refractivity (Wildman–Crippen MR) is 80.8 cm³/mol. The fourth-order valence-corrected chi connectivity index (χ4v) is 3.24. The van der Waals surface area contributed by atoms with Crippen LogP contribution in [0.25, 0.3) is 0 Å². The molecule has 0 aromatic heterocycles. The number of hydrogen-bond donors (Lipinski definition) is 2. The minimum absolute atomic E-state index is 0.00314. The fourth-order valence-electron chi connectivity index (χ4n) is 1.53. The highest BCUT2D eigenvalue weighted by atomic mass is 79.9. The van der Waals surface area contributed by atoms with E-state index >= 15 is 0 Å². The number of nitrogens with two attached hydrogens (primary N) is 1. The third-order valence-electron chi connectivity index (χ3n) is 2.37. The maximum Gasteiger partial charge on any atom is 0.261 e. The highest BCUT2D eigenvalue weighted by Gasteiger charge is 2.16. The van der Waals surface area contributed by atoms with Crippen molar-refractivity contribution >= 4 is 48.9 Å². The summed E-state index contributed by atoms with van der Waals surface area (Å²) in [6.07, 6.45) is 0. The van der Waals surface area contributed by atoms with Crippen LogP contribution >= 0.6 is 27.5 Å². The highest BCUT2D eigenvalue weighted by Crippen LogP contribution is 2.27. The quantitative estimate of drug-likeness (QED) is 0.800. The summed E-state index contributed by atoms with van der Waals surface area (Å²) in [6, 6.07) is 7.60. The number of nitrogen functional groups attached to an aromatic ring is 1. The van der Waals surface area contributed by atoms with Gasteiger partial charge in [0.15, 0.2) is 0 Å². The molecule has 0 fully saturated rings. The van der Waals surface area contributed by atoms with Gasteiger partial charge in [-0.15, -0.1) is 0 Å². The predicted octanol–water partition coefficient (Wildman–Crippen LogP) is 3.62. The Bertz CT molecular complexity index is 748. The minimum Gasteiger partial charge on any atom is -0.399 e. The van der Waals surface area contributed by atoms with Gasteiger partial charge in [0.2, 0.25) is 0 Å². The van der Waals surface area contributed by atoms with Gasteiger partial charge in [-0.1, -0.05) is 11.6 Å². The number of rotatable bonds is 3. The SMILES string of the molecule is Nc1cc(F)cc(NS(=O)(=O)c2ccc(Cl)c(Br)c2)c1. The Labute approximate surface area is 128 Å². The Morgan fingerprint density at radius 2 is 1.90 bits per heavy atom. The Morgan fingerprint density at radius 1 is 1.20 bits per heavy atom. The van der Waals surface area contributed by atoms with Gasteiger partial charge in [0.1, 0.15) is 5.82 Å². The maximum atomic E-state index is 13.2. The fraction of sp³-hybridized carbons (Fsp3) is 0. The Balaban J connectivity index is 2.37. The van der Waals surface area contributed by atoms with E-state index in [2.05, 4.69) is 20.7 Å². The van der Waals surface area contributed by atoms with Crippen LogP contribution in [0.2, 0.25) is 5.02 Å². The van der Waals surface area contributed by atoms with Crippen LogP contribution in [0, 0.1) is 5.82 Å². The second-order valence-corrected chi connectivity index (χ2v) is 6.90. The smallest absolute Gasteiger partial charge is 0.261 e. The van der Waals surface area contributed by atoms with Crippen molar-refractivity contribution in [3.05, 3.63) is 51.7 Å². The topological polar surface area (TPSA) is 72.2 Å². The molecule has 4 nitrogen and oxygen atoms in total. The van der Waals surface area contributed by atoms with E-state index < -0.39 is 15.8 Å². The van der Waals surface area contributed by atoms with Gasteiger partial charge in [-0.25, -0.2) is 12.8 Å². The summed E-state index contributed by atoms with van der Waals surface area (Å²) in [5.74, 6) is -0.625. The van der Waals surface area contributed by atoms with Crippen molar-refractivity contribution in [2.45, 2.75) is 4.90 Å². The molecule has 0 aliphatic rings. The van der Waals surface area contributed by atoms with Crippen LogP contribution in [0.5, 0.6) is 0 Å². The van der Waals surface area contributed by atoms with Crippen molar-refractivity contribution in [1.29, 1.82) is 0 Å². The normalized spacial score (nSPS) is 11.3. The number of benzene rings is 2. The van der Waals surface area contributed by atoms with E-state index in [9.17, 15) is 12.8 Å². The molecule has 20 heavy (non-hydrogen) atoms. The first-order valence-corrected chi connectivity index (χ1v) is 7.97. The number of anilines is 2. The summed E-state index contributed by atoms with van der Waals surface area (Å²) in [5.41, 5.74) is 5.64. The molecular weight excluding hydrogens is 371 g/mol. The van der Waals surface area contributed by atoms with Crippen molar-refractivity contribution in [3.8, 4) is 0 Å². The molecule has 0 aliphatic carbocycles.